The number of hydrogen-bond donors (Lipinski definition) is 1. The lowest BCUT2D eigenvalue weighted by atomic mass is 9.82. The predicted molar refractivity (Wildman–Crippen MR) is 88.7 cm³/mol. The van der Waals surface area contributed by atoms with Crippen LogP contribution in [0, 0.1) is 11.8 Å². The van der Waals surface area contributed by atoms with E-state index >= 15 is 0 Å². The number of carbonyl (C=O) groups is 2. The van der Waals surface area contributed by atoms with Crippen molar-refractivity contribution in [3.63, 3.8) is 0 Å². The van der Waals surface area contributed by atoms with Crippen LogP contribution >= 0.6 is 0 Å². The van der Waals surface area contributed by atoms with E-state index in [-0.39, 0.29) is 17.9 Å². The first kappa shape index (κ1) is 15.8. The molecule has 2 fully saturated rings. The van der Waals surface area contributed by atoms with Gasteiger partial charge in [0.25, 0.3) is 0 Å². The minimum absolute atomic E-state index is 0.0241. The van der Waals surface area contributed by atoms with Crippen molar-refractivity contribution < 1.29 is 14.7 Å². The molecule has 1 amide bonds. The van der Waals surface area contributed by atoms with Gasteiger partial charge >= 0.3 is 5.97 Å². The van der Waals surface area contributed by atoms with E-state index in [1.165, 1.54) is 25.7 Å². The minimum atomic E-state index is -1.01. The van der Waals surface area contributed by atoms with Crippen LogP contribution in [0.5, 0.6) is 0 Å². The van der Waals surface area contributed by atoms with Gasteiger partial charge in [-0.1, -0.05) is 43.2 Å². The normalized spacial score (nSPS) is 24.3. The van der Waals surface area contributed by atoms with Gasteiger partial charge in [0.2, 0.25) is 5.91 Å². The van der Waals surface area contributed by atoms with E-state index in [0.29, 0.717) is 11.8 Å². The third-order valence-electron chi connectivity index (χ3n) is 5.09. The number of likely N-dealkylation sites (tertiary alicyclic amines) is 1. The molecule has 0 radical (unpaired) electrons. The smallest absolute Gasteiger partial charge is 0.332 e. The third-order valence-corrected chi connectivity index (χ3v) is 5.09. The summed E-state index contributed by atoms with van der Waals surface area (Å²) in [6.45, 7) is 1.61. The maximum absolute atomic E-state index is 12.5. The molecule has 122 valence electrons. The second-order valence-electron chi connectivity index (χ2n) is 6.67. The van der Waals surface area contributed by atoms with Gasteiger partial charge in [0.1, 0.15) is 0 Å². The SMILES string of the molecule is O=C(O)/C(=C/c1ccccc1)CC(=O)N1C[C@H]2CCCC[C@@H]2C1. The average Bonchev–Trinajstić information content (AvgIpc) is 2.99. The number of hydrogen-bond acceptors (Lipinski definition) is 2. The second kappa shape index (κ2) is 6.99. The fraction of sp³-hybridized carbons (Fsp3) is 0.474. The standard InChI is InChI=1S/C19H23NO3/c21-18(20-12-15-8-4-5-9-16(15)13-20)11-17(19(22)23)10-14-6-2-1-3-7-14/h1-3,6-7,10,15-16H,4-5,8-9,11-13H2,(H,22,23)/b17-10+/t15-,16-/m1/s1. The molecular weight excluding hydrogens is 290 g/mol. The molecular formula is C19H23NO3. The lowest BCUT2D eigenvalue weighted by Gasteiger charge is -2.22. The Morgan fingerprint density at radius 1 is 1.09 bits per heavy atom. The molecule has 1 aromatic carbocycles. The zero-order valence-corrected chi connectivity index (χ0v) is 13.3. The van der Waals surface area contributed by atoms with Gasteiger partial charge in [-0.25, -0.2) is 4.79 Å². The van der Waals surface area contributed by atoms with Crippen LogP contribution in [0.3, 0.4) is 0 Å². The number of carboxylic acids is 1. The van der Waals surface area contributed by atoms with Gasteiger partial charge in [0.15, 0.2) is 0 Å². The van der Waals surface area contributed by atoms with E-state index in [1.807, 2.05) is 35.2 Å². The van der Waals surface area contributed by atoms with Crippen LogP contribution in [-0.4, -0.2) is 35.0 Å². The first-order valence-electron chi connectivity index (χ1n) is 8.40. The zero-order chi connectivity index (χ0) is 16.2. The van der Waals surface area contributed by atoms with E-state index in [2.05, 4.69) is 0 Å². The van der Waals surface area contributed by atoms with Crippen LogP contribution < -0.4 is 0 Å². The number of aliphatic carboxylic acids is 1. The van der Waals surface area contributed by atoms with Gasteiger partial charge in [-0.2, -0.15) is 0 Å². The van der Waals surface area contributed by atoms with E-state index in [4.69, 9.17) is 0 Å². The molecule has 1 N–H and O–H groups in total. The number of carbonyl (C=O) groups excluding carboxylic acids is 1. The topological polar surface area (TPSA) is 57.6 Å². The number of rotatable bonds is 4. The Balaban J connectivity index is 1.67. The Bertz CT molecular complexity index is 594. The van der Waals surface area contributed by atoms with Gasteiger partial charge in [0, 0.05) is 18.7 Å². The van der Waals surface area contributed by atoms with Gasteiger partial charge in [-0.15, -0.1) is 0 Å². The van der Waals surface area contributed by atoms with E-state index in [0.717, 1.165) is 18.7 Å². The first-order chi connectivity index (χ1) is 11.1. The van der Waals surface area contributed by atoms with Crippen molar-refractivity contribution in [2.24, 2.45) is 11.8 Å². The van der Waals surface area contributed by atoms with Crippen LogP contribution in [0.4, 0.5) is 0 Å². The first-order valence-corrected chi connectivity index (χ1v) is 8.40. The minimum Gasteiger partial charge on any atom is -0.478 e. The van der Waals surface area contributed by atoms with Crippen LogP contribution in [0.15, 0.2) is 35.9 Å². The number of carboxylic acid groups (broad SMARTS) is 1. The van der Waals surface area contributed by atoms with Gasteiger partial charge in [-0.05, 0) is 36.3 Å². The van der Waals surface area contributed by atoms with Crippen molar-refractivity contribution in [2.45, 2.75) is 32.1 Å². The molecule has 2 atom stereocenters. The highest BCUT2D eigenvalue weighted by atomic mass is 16.4. The molecule has 3 rings (SSSR count). The highest BCUT2D eigenvalue weighted by Gasteiger charge is 2.36. The zero-order valence-electron chi connectivity index (χ0n) is 13.3. The Labute approximate surface area is 136 Å². The summed E-state index contributed by atoms with van der Waals surface area (Å²) in [6, 6.07) is 9.29. The summed E-state index contributed by atoms with van der Waals surface area (Å²) in [4.78, 5) is 25.9. The molecule has 0 spiro atoms. The van der Waals surface area contributed by atoms with Crippen LogP contribution in [0.2, 0.25) is 0 Å². The second-order valence-corrected chi connectivity index (χ2v) is 6.67. The summed E-state index contributed by atoms with van der Waals surface area (Å²) in [7, 11) is 0. The van der Waals surface area contributed by atoms with Crippen molar-refractivity contribution in [3.05, 3.63) is 41.5 Å². The Kier molecular flexibility index (Phi) is 4.79. The van der Waals surface area contributed by atoms with Gasteiger partial charge in [0.05, 0.1) is 6.42 Å². The number of benzene rings is 1. The Morgan fingerprint density at radius 3 is 2.26 bits per heavy atom. The number of nitrogens with zero attached hydrogens (tertiary/aromatic N) is 1. The molecule has 1 aromatic rings. The molecule has 0 unspecified atom stereocenters. The molecule has 1 saturated heterocycles. The maximum Gasteiger partial charge on any atom is 0.332 e. The Morgan fingerprint density at radius 2 is 1.70 bits per heavy atom. The van der Waals surface area contributed by atoms with E-state index in [9.17, 15) is 14.7 Å². The maximum atomic E-state index is 12.5. The third kappa shape index (κ3) is 3.81. The molecule has 4 nitrogen and oxygen atoms in total. The van der Waals surface area contributed by atoms with Crippen molar-refractivity contribution in [1.29, 1.82) is 0 Å². The molecule has 1 saturated carbocycles. The van der Waals surface area contributed by atoms with Crippen molar-refractivity contribution in [3.8, 4) is 0 Å². The Hall–Kier alpha value is -2.10. The summed E-state index contributed by atoms with van der Waals surface area (Å²) >= 11 is 0. The molecule has 4 heteroatoms. The fourth-order valence-corrected chi connectivity index (χ4v) is 3.82. The molecule has 2 aliphatic rings. The van der Waals surface area contributed by atoms with E-state index < -0.39 is 5.97 Å². The van der Waals surface area contributed by atoms with Crippen molar-refractivity contribution >= 4 is 18.0 Å². The molecule has 1 aliphatic heterocycles. The molecule has 23 heavy (non-hydrogen) atoms. The quantitative estimate of drug-likeness (QED) is 0.869. The highest BCUT2D eigenvalue weighted by molar-refractivity contribution is 5.98. The average molecular weight is 313 g/mol. The van der Waals surface area contributed by atoms with Crippen LogP contribution in [0.1, 0.15) is 37.7 Å². The molecule has 0 aromatic heterocycles. The van der Waals surface area contributed by atoms with Gasteiger partial charge < -0.3 is 10.0 Å². The van der Waals surface area contributed by atoms with Crippen molar-refractivity contribution in [1.82, 2.24) is 4.90 Å². The monoisotopic (exact) mass is 313 g/mol. The summed E-state index contributed by atoms with van der Waals surface area (Å²) < 4.78 is 0. The fourth-order valence-electron chi connectivity index (χ4n) is 3.82. The lowest BCUT2D eigenvalue weighted by molar-refractivity contribution is -0.136. The molecule has 1 aliphatic carbocycles. The largest absolute Gasteiger partial charge is 0.478 e. The summed E-state index contributed by atoms with van der Waals surface area (Å²) in [6.07, 6.45) is 6.52. The molecule has 1 heterocycles. The number of amides is 1. The summed E-state index contributed by atoms with van der Waals surface area (Å²) in [5.74, 6) is 0.181. The predicted octanol–water partition coefficient (Wildman–Crippen LogP) is 3.19. The van der Waals surface area contributed by atoms with E-state index in [1.54, 1.807) is 6.08 Å². The summed E-state index contributed by atoms with van der Waals surface area (Å²) in [5.41, 5.74) is 0.976. The lowest BCUT2D eigenvalue weighted by Crippen LogP contribution is -2.29. The summed E-state index contributed by atoms with van der Waals surface area (Å²) in [5, 5.41) is 9.39. The van der Waals surface area contributed by atoms with Crippen LogP contribution in [0.25, 0.3) is 6.08 Å². The highest BCUT2D eigenvalue weighted by Crippen LogP contribution is 2.36. The van der Waals surface area contributed by atoms with Gasteiger partial charge in [-0.3, -0.25) is 4.79 Å². The van der Waals surface area contributed by atoms with Crippen LogP contribution in [-0.2, 0) is 9.59 Å². The number of fused-ring (bicyclic) bond motifs is 1. The van der Waals surface area contributed by atoms with Crippen molar-refractivity contribution in [2.75, 3.05) is 13.1 Å². The molecule has 0 bridgehead atoms.